The minimum absolute atomic E-state index is 0.00778. The molecule has 102 valence electrons. The fraction of sp³-hybridized carbons (Fsp3) is 0.846. The van der Waals surface area contributed by atoms with Gasteiger partial charge in [-0.2, -0.15) is 0 Å². The fourth-order valence-corrected chi connectivity index (χ4v) is 2.93. The number of nitrogens with one attached hydrogen (secondary N) is 1. The Bertz CT molecular complexity index is 324. The maximum absolute atomic E-state index is 12.2. The van der Waals surface area contributed by atoms with Crippen LogP contribution in [0.3, 0.4) is 0 Å². The van der Waals surface area contributed by atoms with Gasteiger partial charge in [0.1, 0.15) is 6.04 Å². The summed E-state index contributed by atoms with van der Waals surface area (Å²) in [6.07, 6.45) is 6.17. The molecular formula is C13H23N3O2. The normalized spacial score (nSPS) is 26.3. The predicted molar refractivity (Wildman–Crippen MR) is 68.8 cm³/mol. The minimum atomic E-state index is -0.523. The highest BCUT2D eigenvalue weighted by Gasteiger charge is 2.35. The lowest BCUT2D eigenvalue weighted by atomic mass is 10.1. The summed E-state index contributed by atoms with van der Waals surface area (Å²) in [5.41, 5.74) is 5.62. The topological polar surface area (TPSA) is 75.4 Å². The molecule has 0 aromatic rings. The molecule has 2 rings (SSSR count). The zero-order valence-corrected chi connectivity index (χ0v) is 11.0. The zero-order valence-electron chi connectivity index (χ0n) is 11.0. The summed E-state index contributed by atoms with van der Waals surface area (Å²) in [6.45, 7) is 2.33. The molecule has 0 radical (unpaired) electrons. The molecule has 1 aliphatic carbocycles. The first-order chi connectivity index (χ1) is 8.59. The number of rotatable bonds is 3. The minimum Gasteiger partial charge on any atom is -0.352 e. The van der Waals surface area contributed by atoms with Crippen LogP contribution < -0.4 is 11.1 Å². The molecule has 0 aromatic carbocycles. The van der Waals surface area contributed by atoms with E-state index in [-0.39, 0.29) is 17.9 Å². The van der Waals surface area contributed by atoms with Gasteiger partial charge in [-0.1, -0.05) is 12.8 Å². The van der Waals surface area contributed by atoms with Crippen LogP contribution in [-0.2, 0) is 9.59 Å². The van der Waals surface area contributed by atoms with Gasteiger partial charge in [-0.15, -0.1) is 0 Å². The number of nitrogens with two attached hydrogens (primary N) is 1. The molecule has 0 aromatic heterocycles. The molecule has 1 heterocycles. The summed E-state index contributed by atoms with van der Waals surface area (Å²) in [4.78, 5) is 25.8. The number of nitrogens with zero attached hydrogens (tertiary/aromatic N) is 1. The molecule has 18 heavy (non-hydrogen) atoms. The smallest absolute Gasteiger partial charge is 0.243 e. The van der Waals surface area contributed by atoms with Crippen LogP contribution in [0.15, 0.2) is 0 Å². The molecule has 0 spiro atoms. The highest BCUT2D eigenvalue weighted by atomic mass is 16.2. The van der Waals surface area contributed by atoms with Crippen LogP contribution in [0.4, 0.5) is 0 Å². The number of carbonyl (C=O) groups is 2. The highest BCUT2D eigenvalue weighted by molar-refractivity contribution is 5.90. The molecule has 3 N–H and O–H groups in total. The summed E-state index contributed by atoms with van der Waals surface area (Å²) >= 11 is 0. The van der Waals surface area contributed by atoms with Gasteiger partial charge in [0.2, 0.25) is 11.8 Å². The number of amides is 2. The first kappa shape index (κ1) is 13.3. The SMILES string of the molecule is C[C@H](N)C(=O)N1CCC[C@H]1C(=O)NC1CCCC1. The van der Waals surface area contributed by atoms with Crippen molar-refractivity contribution in [2.45, 2.75) is 63.6 Å². The lowest BCUT2D eigenvalue weighted by molar-refractivity contribution is -0.139. The Balaban J connectivity index is 1.93. The van der Waals surface area contributed by atoms with Crippen LogP contribution in [0.25, 0.3) is 0 Å². The van der Waals surface area contributed by atoms with Crippen molar-refractivity contribution in [3.8, 4) is 0 Å². The van der Waals surface area contributed by atoms with Gasteiger partial charge in [0.05, 0.1) is 6.04 Å². The van der Waals surface area contributed by atoms with E-state index in [1.807, 2.05) is 0 Å². The van der Waals surface area contributed by atoms with E-state index in [2.05, 4.69) is 5.32 Å². The first-order valence-electron chi connectivity index (χ1n) is 6.96. The first-order valence-corrected chi connectivity index (χ1v) is 6.96. The van der Waals surface area contributed by atoms with E-state index in [4.69, 9.17) is 5.73 Å². The van der Waals surface area contributed by atoms with E-state index in [0.717, 1.165) is 25.7 Å². The summed E-state index contributed by atoms with van der Waals surface area (Å²) in [6, 6.07) is -0.515. The van der Waals surface area contributed by atoms with E-state index in [1.165, 1.54) is 12.8 Å². The van der Waals surface area contributed by atoms with Gasteiger partial charge >= 0.3 is 0 Å². The van der Waals surface area contributed by atoms with Crippen molar-refractivity contribution < 1.29 is 9.59 Å². The van der Waals surface area contributed by atoms with Gasteiger partial charge in [0, 0.05) is 12.6 Å². The Morgan fingerprint density at radius 2 is 1.89 bits per heavy atom. The molecule has 5 nitrogen and oxygen atoms in total. The number of hydrogen-bond acceptors (Lipinski definition) is 3. The molecule has 0 bridgehead atoms. The third-order valence-corrected chi connectivity index (χ3v) is 3.93. The monoisotopic (exact) mass is 253 g/mol. The fourth-order valence-electron chi connectivity index (χ4n) is 2.93. The second kappa shape index (κ2) is 5.69. The molecule has 0 unspecified atom stereocenters. The summed E-state index contributed by atoms with van der Waals surface area (Å²) in [5.74, 6) is -0.104. The van der Waals surface area contributed by atoms with Gasteiger partial charge in [-0.25, -0.2) is 0 Å². The summed E-state index contributed by atoms with van der Waals surface area (Å²) < 4.78 is 0. The van der Waals surface area contributed by atoms with Gasteiger partial charge < -0.3 is 16.0 Å². The molecule has 2 fully saturated rings. The largest absolute Gasteiger partial charge is 0.352 e. The average molecular weight is 253 g/mol. The van der Waals surface area contributed by atoms with Crippen molar-refractivity contribution in [2.24, 2.45) is 5.73 Å². The summed E-state index contributed by atoms with van der Waals surface area (Å²) in [7, 11) is 0. The quantitative estimate of drug-likeness (QED) is 0.763. The summed E-state index contributed by atoms with van der Waals surface area (Å²) in [5, 5.41) is 3.07. The number of carbonyl (C=O) groups excluding carboxylic acids is 2. The lowest BCUT2D eigenvalue weighted by Gasteiger charge is -2.26. The number of hydrogen-bond donors (Lipinski definition) is 2. The van der Waals surface area contributed by atoms with Crippen LogP contribution in [0.2, 0.25) is 0 Å². The third-order valence-electron chi connectivity index (χ3n) is 3.93. The Labute approximate surface area is 108 Å². The standard InChI is InChI=1S/C13H23N3O2/c1-9(14)13(18)16-8-4-7-11(16)12(17)15-10-5-2-3-6-10/h9-11H,2-8,14H2,1H3,(H,15,17)/t9-,11-/m0/s1. The maximum atomic E-state index is 12.2. The van der Waals surface area contributed by atoms with Gasteiger partial charge in [-0.3, -0.25) is 9.59 Å². The molecule has 5 heteroatoms. The van der Waals surface area contributed by atoms with Crippen molar-refractivity contribution >= 4 is 11.8 Å². The van der Waals surface area contributed by atoms with E-state index in [0.29, 0.717) is 12.6 Å². The third kappa shape index (κ3) is 2.83. The van der Waals surface area contributed by atoms with Crippen LogP contribution in [-0.4, -0.2) is 41.4 Å². The number of likely N-dealkylation sites (tertiary alicyclic amines) is 1. The van der Waals surface area contributed by atoms with Gasteiger partial charge in [0.15, 0.2) is 0 Å². The van der Waals surface area contributed by atoms with Crippen LogP contribution in [0, 0.1) is 0 Å². The van der Waals surface area contributed by atoms with Crippen LogP contribution >= 0.6 is 0 Å². The van der Waals surface area contributed by atoms with Crippen LogP contribution in [0.5, 0.6) is 0 Å². The highest BCUT2D eigenvalue weighted by Crippen LogP contribution is 2.21. The lowest BCUT2D eigenvalue weighted by Crippen LogP contribution is -2.51. The Morgan fingerprint density at radius 3 is 2.50 bits per heavy atom. The molecule has 2 amide bonds. The molecule has 1 saturated heterocycles. The Morgan fingerprint density at radius 1 is 1.22 bits per heavy atom. The van der Waals surface area contributed by atoms with Crippen molar-refractivity contribution in [3.05, 3.63) is 0 Å². The molecule has 2 atom stereocenters. The predicted octanol–water partition coefficient (Wildman–Crippen LogP) is 0.383. The molecule has 1 saturated carbocycles. The van der Waals surface area contributed by atoms with E-state index in [9.17, 15) is 9.59 Å². The molecule has 2 aliphatic rings. The van der Waals surface area contributed by atoms with Crippen molar-refractivity contribution in [1.29, 1.82) is 0 Å². The molecular weight excluding hydrogens is 230 g/mol. The molecule has 1 aliphatic heterocycles. The Kier molecular flexibility index (Phi) is 4.22. The maximum Gasteiger partial charge on any atom is 0.243 e. The van der Waals surface area contributed by atoms with Crippen molar-refractivity contribution in [1.82, 2.24) is 10.2 Å². The second-order valence-corrected chi connectivity index (χ2v) is 5.47. The van der Waals surface area contributed by atoms with E-state index < -0.39 is 6.04 Å². The van der Waals surface area contributed by atoms with E-state index >= 15 is 0 Å². The van der Waals surface area contributed by atoms with Gasteiger partial charge in [0.25, 0.3) is 0 Å². The van der Waals surface area contributed by atoms with Crippen LogP contribution in [0.1, 0.15) is 45.4 Å². The van der Waals surface area contributed by atoms with Crippen molar-refractivity contribution in [2.75, 3.05) is 6.54 Å². The average Bonchev–Trinajstić information content (AvgIpc) is 2.97. The van der Waals surface area contributed by atoms with Crippen molar-refractivity contribution in [3.63, 3.8) is 0 Å². The Hall–Kier alpha value is -1.10. The second-order valence-electron chi connectivity index (χ2n) is 5.47. The van der Waals surface area contributed by atoms with E-state index in [1.54, 1.807) is 11.8 Å². The zero-order chi connectivity index (χ0) is 13.1. The van der Waals surface area contributed by atoms with Gasteiger partial charge in [-0.05, 0) is 32.6 Å².